The van der Waals surface area contributed by atoms with E-state index in [2.05, 4.69) is 20.9 Å². The number of hydrogen-bond acceptors (Lipinski definition) is 5. The number of carboxylic acid groups (broad SMARTS) is 1. The lowest BCUT2D eigenvalue weighted by Crippen LogP contribution is -2.23. The number of thioether (sulfide) groups is 1. The predicted molar refractivity (Wildman–Crippen MR) is 110 cm³/mol. The van der Waals surface area contributed by atoms with Crippen molar-refractivity contribution < 1.29 is 19.8 Å². The zero-order valence-corrected chi connectivity index (χ0v) is 17.0. The minimum absolute atomic E-state index is 0.0518. The average Bonchev–Trinajstić information content (AvgIpc) is 2.87. The molecule has 2 aromatic carbocycles. The SMILES string of the molecule is CN1C(=O)/C(=C\c2cc(Br)ccc2O)SC1=Nc1ccc(Cl)c(C(=O)O)c1. The molecule has 0 unspecified atom stereocenters. The lowest BCUT2D eigenvalue weighted by atomic mass is 10.2. The molecule has 0 saturated carbocycles. The molecule has 138 valence electrons. The Hall–Kier alpha value is -2.29. The van der Waals surface area contributed by atoms with Crippen molar-refractivity contribution in [2.75, 3.05) is 7.05 Å². The summed E-state index contributed by atoms with van der Waals surface area (Å²) in [6, 6.07) is 9.29. The molecule has 9 heteroatoms. The van der Waals surface area contributed by atoms with Gasteiger partial charge in [-0.3, -0.25) is 9.69 Å². The van der Waals surface area contributed by atoms with Gasteiger partial charge in [-0.25, -0.2) is 9.79 Å². The molecular formula is C18H12BrClN2O4S. The maximum atomic E-state index is 12.5. The van der Waals surface area contributed by atoms with E-state index in [4.69, 9.17) is 16.7 Å². The van der Waals surface area contributed by atoms with Gasteiger partial charge in [-0.1, -0.05) is 27.5 Å². The first-order valence-electron chi connectivity index (χ1n) is 7.54. The van der Waals surface area contributed by atoms with Gasteiger partial charge in [0, 0.05) is 17.1 Å². The van der Waals surface area contributed by atoms with Gasteiger partial charge in [0.1, 0.15) is 5.75 Å². The third-order valence-electron chi connectivity index (χ3n) is 3.68. The van der Waals surface area contributed by atoms with Crippen LogP contribution in [0.25, 0.3) is 6.08 Å². The maximum Gasteiger partial charge on any atom is 0.337 e. The van der Waals surface area contributed by atoms with Crippen molar-refractivity contribution in [2.45, 2.75) is 0 Å². The summed E-state index contributed by atoms with van der Waals surface area (Å²) in [7, 11) is 1.57. The van der Waals surface area contributed by atoms with Crippen molar-refractivity contribution in [3.05, 3.63) is 61.9 Å². The Morgan fingerprint density at radius 1 is 1.30 bits per heavy atom. The summed E-state index contributed by atoms with van der Waals surface area (Å²) in [6.07, 6.45) is 1.58. The van der Waals surface area contributed by atoms with Crippen molar-refractivity contribution in [2.24, 2.45) is 4.99 Å². The Balaban J connectivity index is 1.95. The molecule has 1 saturated heterocycles. The van der Waals surface area contributed by atoms with Crippen LogP contribution in [0.3, 0.4) is 0 Å². The molecule has 0 spiro atoms. The number of carbonyl (C=O) groups is 2. The fraction of sp³-hybridized carbons (Fsp3) is 0.0556. The summed E-state index contributed by atoms with van der Waals surface area (Å²) in [5.74, 6) is -1.38. The number of phenolic OH excluding ortho intramolecular Hbond substituents is 1. The second-order valence-corrected chi connectivity index (χ2v) is 7.87. The van der Waals surface area contributed by atoms with Crippen molar-refractivity contribution in [1.82, 2.24) is 4.90 Å². The molecule has 0 atom stereocenters. The van der Waals surface area contributed by atoms with Gasteiger partial charge in [-0.05, 0) is 54.2 Å². The molecule has 3 rings (SSSR count). The Morgan fingerprint density at radius 2 is 2.04 bits per heavy atom. The number of nitrogens with zero attached hydrogens (tertiary/aromatic N) is 2. The zero-order chi connectivity index (χ0) is 19.7. The lowest BCUT2D eigenvalue weighted by Gasteiger charge is -2.07. The number of aliphatic imine (C=N–C) groups is 1. The Labute approximate surface area is 172 Å². The van der Waals surface area contributed by atoms with Crippen LogP contribution in [0.1, 0.15) is 15.9 Å². The normalized spacial score (nSPS) is 17.1. The summed E-state index contributed by atoms with van der Waals surface area (Å²) in [5.41, 5.74) is 0.797. The first-order valence-corrected chi connectivity index (χ1v) is 9.52. The Kier molecular flexibility index (Phi) is 5.59. The van der Waals surface area contributed by atoms with E-state index in [1.54, 1.807) is 31.3 Å². The molecule has 0 radical (unpaired) electrons. The molecule has 1 fully saturated rings. The summed E-state index contributed by atoms with van der Waals surface area (Å²) in [5, 5.41) is 19.6. The van der Waals surface area contributed by atoms with E-state index in [9.17, 15) is 14.7 Å². The van der Waals surface area contributed by atoms with Crippen LogP contribution in [0.2, 0.25) is 5.02 Å². The number of phenols is 1. The summed E-state index contributed by atoms with van der Waals surface area (Å²) in [6.45, 7) is 0. The average molecular weight is 468 g/mol. The van der Waals surface area contributed by atoms with Crippen molar-refractivity contribution >= 4 is 68.1 Å². The van der Waals surface area contributed by atoms with E-state index in [0.29, 0.717) is 21.3 Å². The number of likely N-dealkylation sites (N-methyl/N-ethyl adjacent to an activating group) is 1. The number of hydrogen-bond donors (Lipinski definition) is 2. The molecule has 1 amide bonds. The molecule has 0 aromatic heterocycles. The monoisotopic (exact) mass is 466 g/mol. The van der Waals surface area contributed by atoms with Gasteiger partial charge >= 0.3 is 5.97 Å². The molecule has 0 aliphatic carbocycles. The second-order valence-electron chi connectivity index (χ2n) is 5.54. The summed E-state index contributed by atoms with van der Waals surface area (Å²) >= 11 is 10.3. The largest absolute Gasteiger partial charge is 0.507 e. The first-order chi connectivity index (χ1) is 12.8. The van der Waals surface area contributed by atoms with Gasteiger partial charge in [-0.15, -0.1) is 0 Å². The second kappa shape index (κ2) is 7.75. The van der Waals surface area contributed by atoms with Gasteiger partial charge in [-0.2, -0.15) is 0 Å². The standard InChI is InChI=1S/C18H12BrClN2O4S/c1-22-16(24)15(7-9-6-10(19)2-5-14(9)23)27-18(22)21-11-3-4-13(20)12(8-11)17(25)26/h2-8,23H,1H3,(H,25,26)/b15-7+,21-18?. The van der Waals surface area contributed by atoms with Crippen LogP contribution in [0.15, 0.2) is 50.8 Å². The van der Waals surface area contributed by atoms with E-state index in [1.165, 1.54) is 23.1 Å². The van der Waals surface area contributed by atoms with Crippen LogP contribution in [-0.2, 0) is 4.79 Å². The molecule has 6 nitrogen and oxygen atoms in total. The summed E-state index contributed by atoms with van der Waals surface area (Å²) in [4.78, 5) is 29.8. The number of carbonyl (C=O) groups excluding carboxylic acids is 1. The maximum absolute atomic E-state index is 12.5. The predicted octanol–water partition coefficient (Wildman–Crippen LogP) is 4.74. The molecule has 2 aromatic rings. The van der Waals surface area contributed by atoms with Crippen molar-refractivity contribution in [3.63, 3.8) is 0 Å². The van der Waals surface area contributed by atoms with Crippen LogP contribution in [-0.4, -0.2) is 39.2 Å². The van der Waals surface area contributed by atoms with Gasteiger partial charge in [0.25, 0.3) is 5.91 Å². The minimum Gasteiger partial charge on any atom is -0.507 e. The highest BCUT2D eigenvalue weighted by atomic mass is 79.9. The van der Waals surface area contributed by atoms with Crippen molar-refractivity contribution in [3.8, 4) is 5.75 Å². The van der Waals surface area contributed by atoms with E-state index < -0.39 is 5.97 Å². The molecule has 27 heavy (non-hydrogen) atoms. The quantitative estimate of drug-likeness (QED) is 0.636. The molecule has 0 bridgehead atoms. The number of benzene rings is 2. The lowest BCUT2D eigenvalue weighted by molar-refractivity contribution is -0.121. The highest BCUT2D eigenvalue weighted by molar-refractivity contribution is 9.10. The zero-order valence-electron chi connectivity index (χ0n) is 13.8. The van der Waals surface area contributed by atoms with Crippen LogP contribution >= 0.6 is 39.3 Å². The first kappa shape index (κ1) is 19.5. The molecule has 1 aliphatic rings. The fourth-order valence-corrected chi connectivity index (χ4v) is 3.85. The number of amidine groups is 1. The topological polar surface area (TPSA) is 90.2 Å². The van der Waals surface area contributed by atoms with Crippen molar-refractivity contribution in [1.29, 1.82) is 0 Å². The van der Waals surface area contributed by atoms with Gasteiger partial charge < -0.3 is 10.2 Å². The van der Waals surface area contributed by atoms with E-state index in [1.807, 2.05) is 0 Å². The number of aromatic carboxylic acids is 1. The van der Waals surface area contributed by atoms with Gasteiger partial charge in [0.05, 0.1) is 21.2 Å². The van der Waals surface area contributed by atoms with E-state index >= 15 is 0 Å². The number of amides is 1. The van der Waals surface area contributed by atoms with Gasteiger partial charge in [0.15, 0.2) is 5.17 Å². The Bertz CT molecular complexity index is 1020. The van der Waals surface area contributed by atoms with E-state index in [-0.39, 0.29) is 22.2 Å². The third-order valence-corrected chi connectivity index (χ3v) is 5.57. The number of carboxylic acids is 1. The van der Waals surface area contributed by atoms with Gasteiger partial charge in [0.2, 0.25) is 0 Å². The van der Waals surface area contributed by atoms with Crippen LogP contribution in [0, 0.1) is 0 Å². The summed E-state index contributed by atoms with van der Waals surface area (Å²) < 4.78 is 0.771. The van der Waals surface area contributed by atoms with Crippen LogP contribution in [0.4, 0.5) is 5.69 Å². The smallest absolute Gasteiger partial charge is 0.337 e. The van der Waals surface area contributed by atoms with Crippen LogP contribution in [0.5, 0.6) is 5.75 Å². The highest BCUT2D eigenvalue weighted by Crippen LogP contribution is 2.35. The third kappa shape index (κ3) is 4.18. The molecule has 2 N–H and O–H groups in total. The van der Waals surface area contributed by atoms with Crippen LogP contribution < -0.4 is 0 Å². The molecule has 1 aliphatic heterocycles. The minimum atomic E-state index is -1.16. The number of halogens is 2. The number of aromatic hydroxyl groups is 1. The number of rotatable bonds is 3. The van der Waals surface area contributed by atoms with E-state index in [0.717, 1.165) is 16.2 Å². The Morgan fingerprint density at radius 3 is 2.74 bits per heavy atom. The molecule has 1 heterocycles. The molecular weight excluding hydrogens is 456 g/mol. The highest BCUT2D eigenvalue weighted by Gasteiger charge is 2.30. The fourth-order valence-electron chi connectivity index (χ4n) is 2.29.